The van der Waals surface area contributed by atoms with Crippen molar-refractivity contribution in [2.75, 3.05) is 31.7 Å². The molecule has 46 heavy (non-hydrogen) atoms. The van der Waals surface area contributed by atoms with Crippen LogP contribution in [0.4, 0.5) is 10.1 Å². The predicted molar refractivity (Wildman–Crippen MR) is 162 cm³/mol. The molecule has 1 saturated heterocycles. The number of benzene rings is 2. The van der Waals surface area contributed by atoms with Gasteiger partial charge in [-0.2, -0.15) is 4.98 Å². The standard InChI is InChI=1S/C31H33FN8O6/c1-3-42-22-17-23(26(32)24(18-22)43-15-16-45-25-7-4-5-14-44-25)27(29-37-31(41)40(38-29)30-33-12-6-13-34-30)36-21-10-8-20(9-11-21)28-35-19(2)46-39-28/h6,8-13,17-18,25,27,36H,3-5,7,14-16H2,1-2H3,(H,37,38,41). The molecule has 4 heterocycles. The van der Waals surface area contributed by atoms with Crippen LogP contribution < -0.4 is 20.5 Å². The molecule has 0 amide bonds. The van der Waals surface area contributed by atoms with Crippen molar-refractivity contribution >= 4 is 5.69 Å². The van der Waals surface area contributed by atoms with E-state index in [-0.39, 0.29) is 42.6 Å². The first-order valence-corrected chi connectivity index (χ1v) is 14.9. The minimum absolute atomic E-state index is 0.0445. The van der Waals surface area contributed by atoms with Crippen molar-refractivity contribution in [3.05, 3.63) is 88.4 Å². The zero-order valence-electron chi connectivity index (χ0n) is 25.3. The number of rotatable bonds is 13. The average Bonchev–Trinajstić information content (AvgIpc) is 3.70. The van der Waals surface area contributed by atoms with E-state index < -0.39 is 17.5 Å². The molecule has 1 aliphatic rings. The Morgan fingerprint density at radius 3 is 2.67 bits per heavy atom. The third-order valence-electron chi connectivity index (χ3n) is 7.08. The number of hydrogen-bond donors (Lipinski definition) is 2. The molecule has 15 heteroatoms. The Labute approximate surface area is 262 Å². The number of hydrogen-bond acceptors (Lipinski definition) is 12. The van der Waals surface area contributed by atoms with Gasteiger partial charge < -0.3 is 28.8 Å². The van der Waals surface area contributed by atoms with Crippen LogP contribution in [0.25, 0.3) is 17.3 Å². The highest BCUT2D eigenvalue weighted by Crippen LogP contribution is 2.35. The third kappa shape index (κ3) is 7.21. The lowest BCUT2D eigenvalue weighted by atomic mass is 10.0. The van der Waals surface area contributed by atoms with Crippen molar-refractivity contribution < 1.29 is 27.9 Å². The van der Waals surface area contributed by atoms with Gasteiger partial charge in [0.25, 0.3) is 5.95 Å². The molecule has 1 fully saturated rings. The van der Waals surface area contributed by atoms with E-state index >= 15 is 4.39 Å². The molecule has 2 N–H and O–H groups in total. The maximum atomic E-state index is 16.4. The third-order valence-corrected chi connectivity index (χ3v) is 7.08. The van der Waals surface area contributed by atoms with Gasteiger partial charge in [-0.25, -0.2) is 19.2 Å². The summed E-state index contributed by atoms with van der Waals surface area (Å²) < 4.78 is 45.5. The topological polar surface area (TPSA) is 164 Å². The van der Waals surface area contributed by atoms with Crippen LogP contribution in [0.2, 0.25) is 0 Å². The summed E-state index contributed by atoms with van der Waals surface area (Å²) in [6, 6.07) is 10.8. The lowest BCUT2D eigenvalue weighted by molar-refractivity contribution is -0.165. The van der Waals surface area contributed by atoms with E-state index in [9.17, 15) is 4.79 Å². The van der Waals surface area contributed by atoms with Crippen LogP contribution in [-0.4, -0.2) is 67.6 Å². The van der Waals surface area contributed by atoms with Crippen molar-refractivity contribution in [1.82, 2.24) is 34.9 Å². The van der Waals surface area contributed by atoms with Crippen molar-refractivity contribution in [2.24, 2.45) is 0 Å². The molecule has 0 saturated carbocycles. The van der Waals surface area contributed by atoms with Gasteiger partial charge in [-0.3, -0.25) is 4.98 Å². The Morgan fingerprint density at radius 1 is 1.13 bits per heavy atom. The van der Waals surface area contributed by atoms with Crippen molar-refractivity contribution in [2.45, 2.75) is 45.4 Å². The second kappa shape index (κ2) is 14.3. The van der Waals surface area contributed by atoms with Gasteiger partial charge in [0.2, 0.25) is 11.7 Å². The monoisotopic (exact) mass is 632 g/mol. The summed E-state index contributed by atoms with van der Waals surface area (Å²) >= 11 is 0. The first-order chi connectivity index (χ1) is 22.5. The molecule has 240 valence electrons. The maximum absolute atomic E-state index is 16.4. The summed E-state index contributed by atoms with van der Waals surface area (Å²) in [4.78, 5) is 28.2. The SMILES string of the molecule is CCOc1cc(OCCOC2CCCCO2)c(F)c(C(Nc2ccc(-c3noc(C)n3)cc2)c2nn(-c3ncccn3)c(=O)[nH]2)c1. The zero-order valence-corrected chi connectivity index (χ0v) is 25.3. The largest absolute Gasteiger partial charge is 0.494 e. The van der Waals surface area contributed by atoms with Gasteiger partial charge in [0.1, 0.15) is 18.4 Å². The highest BCUT2D eigenvalue weighted by molar-refractivity contribution is 5.60. The minimum Gasteiger partial charge on any atom is -0.494 e. The van der Waals surface area contributed by atoms with E-state index in [0.29, 0.717) is 36.4 Å². The number of nitrogens with zero attached hydrogens (tertiary/aromatic N) is 6. The number of anilines is 1. The molecule has 0 aliphatic carbocycles. The molecule has 3 aromatic heterocycles. The van der Waals surface area contributed by atoms with Gasteiger partial charge in [-0.05, 0) is 62.6 Å². The molecular weight excluding hydrogens is 599 g/mol. The summed E-state index contributed by atoms with van der Waals surface area (Å²) in [6.07, 6.45) is 5.53. The fraction of sp³-hybridized carbons (Fsp3) is 0.355. The molecule has 2 aromatic carbocycles. The summed E-state index contributed by atoms with van der Waals surface area (Å²) in [7, 11) is 0. The fourth-order valence-electron chi connectivity index (χ4n) is 4.93. The molecule has 2 unspecified atom stereocenters. The van der Waals surface area contributed by atoms with E-state index in [4.69, 9.17) is 23.5 Å². The van der Waals surface area contributed by atoms with Crippen LogP contribution in [0.1, 0.15) is 49.5 Å². The number of nitrogens with one attached hydrogen (secondary N) is 2. The molecule has 0 bridgehead atoms. The van der Waals surface area contributed by atoms with Gasteiger partial charge in [-0.1, -0.05) is 5.16 Å². The van der Waals surface area contributed by atoms with Crippen LogP contribution in [-0.2, 0) is 9.47 Å². The molecular formula is C31H33FN8O6. The first kappa shape index (κ1) is 30.9. The summed E-state index contributed by atoms with van der Waals surface area (Å²) in [5, 5.41) is 11.7. The number of aromatic amines is 1. The highest BCUT2D eigenvalue weighted by atomic mass is 19.1. The van der Waals surface area contributed by atoms with E-state index in [2.05, 4.69) is 35.5 Å². The molecule has 5 aromatic rings. The molecule has 14 nitrogen and oxygen atoms in total. The second-order valence-corrected chi connectivity index (χ2v) is 10.3. The average molecular weight is 633 g/mol. The summed E-state index contributed by atoms with van der Waals surface area (Å²) in [6.45, 7) is 4.81. The van der Waals surface area contributed by atoms with E-state index in [1.165, 1.54) is 18.5 Å². The molecule has 0 radical (unpaired) electrons. The molecule has 2 atom stereocenters. The quantitative estimate of drug-likeness (QED) is 0.176. The Morgan fingerprint density at radius 2 is 1.96 bits per heavy atom. The Kier molecular flexibility index (Phi) is 9.59. The fourth-order valence-corrected chi connectivity index (χ4v) is 4.93. The minimum atomic E-state index is -1.01. The lowest BCUT2D eigenvalue weighted by Crippen LogP contribution is -2.24. The lowest BCUT2D eigenvalue weighted by Gasteiger charge is -2.23. The number of aryl methyl sites for hydroxylation is 1. The molecule has 6 rings (SSSR count). The van der Waals surface area contributed by atoms with Crippen LogP contribution in [0.15, 0.2) is 64.2 Å². The van der Waals surface area contributed by atoms with Crippen LogP contribution in [0.5, 0.6) is 11.5 Å². The second-order valence-electron chi connectivity index (χ2n) is 10.3. The van der Waals surface area contributed by atoms with Gasteiger partial charge in [-0.15, -0.1) is 9.78 Å². The van der Waals surface area contributed by atoms with Crippen LogP contribution >= 0.6 is 0 Å². The highest BCUT2D eigenvalue weighted by Gasteiger charge is 2.27. The zero-order chi connectivity index (χ0) is 31.9. The van der Waals surface area contributed by atoms with Crippen LogP contribution in [0.3, 0.4) is 0 Å². The predicted octanol–water partition coefficient (Wildman–Crippen LogP) is 4.37. The van der Waals surface area contributed by atoms with E-state index in [0.717, 1.165) is 29.5 Å². The number of H-pyrrole nitrogens is 1. The normalized spacial score (nSPS) is 15.4. The van der Waals surface area contributed by atoms with Gasteiger partial charge in [0, 0.05) is 48.8 Å². The smallest absolute Gasteiger partial charge is 0.350 e. The number of ether oxygens (including phenoxy) is 4. The van der Waals surface area contributed by atoms with Crippen LogP contribution in [0, 0.1) is 12.7 Å². The van der Waals surface area contributed by atoms with Gasteiger partial charge >= 0.3 is 5.69 Å². The Hall–Kier alpha value is -5.15. The number of aromatic nitrogens is 7. The van der Waals surface area contributed by atoms with E-state index in [1.54, 1.807) is 43.3 Å². The maximum Gasteiger partial charge on any atom is 0.350 e. The summed E-state index contributed by atoms with van der Waals surface area (Å²) in [5.41, 5.74) is 0.824. The van der Waals surface area contributed by atoms with Crippen molar-refractivity contribution in [3.63, 3.8) is 0 Å². The van der Waals surface area contributed by atoms with E-state index in [1.807, 2.05) is 6.92 Å². The number of halogens is 1. The molecule has 1 aliphatic heterocycles. The van der Waals surface area contributed by atoms with Gasteiger partial charge in [0.15, 0.2) is 23.7 Å². The Balaban J connectivity index is 1.33. The van der Waals surface area contributed by atoms with Crippen molar-refractivity contribution in [3.8, 4) is 28.8 Å². The first-order valence-electron chi connectivity index (χ1n) is 14.9. The van der Waals surface area contributed by atoms with Crippen molar-refractivity contribution in [1.29, 1.82) is 0 Å². The summed E-state index contributed by atoms with van der Waals surface area (Å²) in [5.74, 6) is 0.693. The Bertz CT molecular complexity index is 1790. The van der Waals surface area contributed by atoms with Gasteiger partial charge in [0.05, 0.1) is 13.2 Å². The molecule has 0 spiro atoms.